The van der Waals surface area contributed by atoms with Crippen LogP contribution in [-0.2, 0) is 4.79 Å². The quantitative estimate of drug-likeness (QED) is 0.883. The molecule has 0 aliphatic heterocycles. The van der Waals surface area contributed by atoms with Crippen molar-refractivity contribution in [3.05, 3.63) is 30.5 Å². The molecule has 1 saturated carbocycles. The number of methoxy groups -OCH3 is 1. The summed E-state index contributed by atoms with van der Waals surface area (Å²) < 4.78 is 5.16. The van der Waals surface area contributed by atoms with Gasteiger partial charge in [-0.1, -0.05) is 23.5 Å². The number of aliphatic hydroxyl groups is 1. The molecule has 1 amide bonds. The van der Waals surface area contributed by atoms with Crippen LogP contribution in [0.1, 0.15) is 32.6 Å². The Morgan fingerprint density at radius 2 is 2.12 bits per heavy atom. The molecule has 134 valence electrons. The fraction of sp³-hybridized carbons (Fsp3) is 0.474. The van der Waals surface area contributed by atoms with Crippen molar-refractivity contribution < 1.29 is 14.6 Å². The van der Waals surface area contributed by atoms with E-state index >= 15 is 0 Å². The molecule has 0 atom stereocenters. The normalized spacial score (nSPS) is 20.3. The second kappa shape index (κ2) is 7.97. The summed E-state index contributed by atoms with van der Waals surface area (Å²) in [4.78, 5) is 20.0. The van der Waals surface area contributed by atoms with Gasteiger partial charge in [-0.2, -0.15) is 0 Å². The van der Waals surface area contributed by atoms with Gasteiger partial charge in [-0.3, -0.25) is 4.79 Å². The maximum absolute atomic E-state index is 12.9. The first kappa shape index (κ1) is 17.9. The van der Waals surface area contributed by atoms with Crippen molar-refractivity contribution in [2.45, 2.75) is 38.7 Å². The molecule has 6 heteroatoms. The zero-order chi connectivity index (χ0) is 17.8. The molecule has 0 spiro atoms. The van der Waals surface area contributed by atoms with Crippen molar-refractivity contribution in [2.24, 2.45) is 5.92 Å². The minimum atomic E-state index is -0.247. The number of aliphatic hydroxyl groups excluding tert-OH is 1. The third-order valence-electron chi connectivity index (χ3n) is 4.73. The van der Waals surface area contributed by atoms with Crippen molar-refractivity contribution in [3.63, 3.8) is 0 Å². The molecule has 1 N–H and O–H groups in total. The molecule has 1 heterocycles. The lowest BCUT2D eigenvalue weighted by atomic mass is 9.86. The Labute approximate surface area is 152 Å². The Bertz CT molecular complexity index is 723. The molecular weight excluding hydrogens is 336 g/mol. The first-order valence-electron chi connectivity index (χ1n) is 8.72. The summed E-state index contributed by atoms with van der Waals surface area (Å²) in [6.07, 6.45) is 4.51. The van der Waals surface area contributed by atoms with Crippen LogP contribution in [0.25, 0.3) is 10.4 Å². The third-order valence-corrected chi connectivity index (χ3v) is 5.74. The summed E-state index contributed by atoms with van der Waals surface area (Å²) in [5.74, 6) is 0.170. The highest BCUT2D eigenvalue weighted by atomic mass is 32.1. The van der Waals surface area contributed by atoms with Crippen LogP contribution >= 0.6 is 11.3 Å². The number of carbonyl (C=O) groups is 1. The fourth-order valence-electron chi connectivity index (χ4n) is 3.32. The van der Waals surface area contributed by atoms with Crippen molar-refractivity contribution in [1.29, 1.82) is 0 Å². The van der Waals surface area contributed by atoms with Gasteiger partial charge in [0.25, 0.3) is 5.19 Å². The Morgan fingerprint density at radius 3 is 2.76 bits per heavy atom. The average molecular weight is 360 g/mol. The number of aromatic nitrogens is 1. The second-order valence-corrected chi connectivity index (χ2v) is 7.33. The highest BCUT2D eigenvalue weighted by molar-refractivity contribution is 7.16. The van der Waals surface area contributed by atoms with Crippen molar-refractivity contribution >= 4 is 22.9 Å². The summed E-state index contributed by atoms with van der Waals surface area (Å²) in [6, 6.07) is 8.00. The summed E-state index contributed by atoms with van der Waals surface area (Å²) in [6.45, 7) is 2.63. The first-order valence-corrected chi connectivity index (χ1v) is 9.53. The molecule has 25 heavy (non-hydrogen) atoms. The van der Waals surface area contributed by atoms with Gasteiger partial charge >= 0.3 is 0 Å². The Balaban J connectivity index is 1.81. The van der Waals surface area contributed by atoms with Crippen molar-refractivity contribution in [1.82, 2.24) is 4.98 Å². The number of amides is 1. The van der Waals surface area contributed by atoms with Gasteiger partial charge in [-0.25, -0.2) is 4.98 Å². The number of hydrogen-bond acceptors (Lipinski definition) is 5. The van der Waals surface area contributed by atoms with E-state index in [0.29, 0.717) is 24.6 Å². The smallest absolute Gasteiger partial charge is 0.273 e. The average Bonchev–Trinajstić information content (AvgIpc) is 3.12. The molecule has 0 unspecified atom stereocenters. The minimum absolute atomic E-state index is 0.00973. The number of ether oxygens (including phenoxy) is 1. The van der Waals surface area contributed by atoms with E-state index < -0.39 is 0 Å². The van der Waals surface area contributed by atoms with Crippen LogP contribution < -0.4 is 9.64 Å². The molecule has 1 aliphatic carbocycles. The van der Waals surface area contributed by atoms with Gasteiger partial charge in [-0.15, -0.1) is 0 Å². The zero-order valence-electron chi connectivity index (χ0n) is 14.6. The van der Waals surface area contributed by atoms with Gasteiger partial charge in [0.05, 0.1) is 18.1 Å². The van der Waals surface area contributed by atoms with Crippen molar-refractivity contribution in [2.75, 3.05) is 18.6 Å². The van der Waals surface area contributed by atoms with Gasteiger partial charge in [-0.05, 0) is 50.3 Å². The lowest BCUT2D eigenvalue weighted by Crippen LogP contribution is -2.38. The number of nitrogens with zero attached hydrogens (tertiary/aromatic N) is 2. The number of hydrogen-bond donors (Lipinski definition) is 1. The molecule has 3 rings (SSSR count). The summed E-state index contributed by atoms with van der Waals surface area (Å²) >= 11 is 1.49. The molecule has 2 aromatic rings. The van der Waals surface area contributed by atoms with E-state index in [1.807, 2.05) is 36.1 Å². The summed E-state index contributed by atoms with van der Waals surface area (Å²) in [7, 11) is 1.61. The Kier molecular flexibility index (Phi) is 5.71. The lowest BCUT2D eigenvalue weighted by molar-refractivity contribution is -0.123. The molecule has 0 bridgehead atoms. The summed E-state index contributed by atoms with van der Waals surface area (Å²) in [5.41, 5.74) is 1.94. The fourth-order valence-corrected chi connectivity index (χ4v) is 4.05. The lowest BCUT2D eigenvalue weighted by Gasteiger charge is -2.30. The van der Waals surface area contributed by atoms with Crippen LogP contribution in [0.5, 0.6) is 5.19 Å². The number of carbonyl (C=O) groups excluding carboxylic acids is 1. The first-order chi connectivity index (χ1) is 12.1. The molecule has 1 aromatic carbocycles. The Hall–Kier alpha value is -1.92. The van der Waals surface area contributed by atoms with Crippen LogP contribution in [0.15, 0.2) is 30.5 Å². The predicted molar refractivity (Wildman–Crippen MR) is 100 cm³/mol. The second-order valence-electron chi connectivity index (χ2n) is 6.33. The van der Waals surface area contributed by atoms with Gasteiger partial charge < -0.3 is 14.7 Å². The van der Waals surface area contributed by atoms with Crippen LogP contribution in [0.4, 0.5) is 5.69 Å². The SMILES string of the molecule is CCN(C(=O)C1CCC(O)CC1)c1cccc(-c2cnc(OC)s2)c1. The topological polar surface area (TPSA) is 62.7 Å². The van der Waals surface area contributed by atoms with Gasteiger partial charge in [0, 0.05) is 24.3 Å². The summed E-state index contributed by atoms with van der Waals surface area (Å²) in [5, 5.41) is 10.3. The van der Waals surface area contributed by atoms with E-state index in [-0.39, 0.29) is 17.9 Å². The van der Waals surface area contributed by atoms with Crippen LogP contribution in [0.3, 0.4) is 0 Å². The highest BCUT2D eigenvalue weighted by Gasteiger charge is 2.29. The molecule has 0 radical (unpaired) electrons. The van der Waals surface area contributed by atoms with E-state index in [1.54, 1.807) is 13.3 Å². The maximum atomic E-state index is 12.9. The number of anilines is 1. The van der Waals surface area contributed by atoms with Crippen molar-refractivity contribution in [3.8, 4) is 15.6 Å². The zero-order valence-corrected chi connectivity index (χ0v) is 15.5. The van der Waals surface area contributed by atoms with Crippen LogP contribution in [-0.4, -0.2) is 35.8 Å². The Morgan fingerprint density at radius 1 is 1.36 bits per heavy atom. The molecule has 5 nitrogen and oxygen atoms in total. The molecule has 1 aliphatic rings. The van der Waals surface area contributed by atoms with Gasteiger partial charge in [0.2, 0.25) is 5.91 Å². The number of thiazole rings is 1. The number of benzene rings is 1. The van der Waals surface area contributed by atoms with E-state index in [9.17, 15) is 9.90 Å². The van der Waals surface area contributed by atoms with E-state index in [1.165, 1.54) is 11.3 Å². The monoisotopic (exact) mass is 360 g/mol. The van der Waals surface area contributed by atoms with E-state index in [2.05, 4.69) is 4.98 Å². The molecule has 1 fully saturated rings. The third kappa shape index (κ3) is 4.02. The minimum Gasteiger partial charge on any atom is -0.473 e. The van der Waals surface area contributed by atoms with Gasteiger partial charge in [0.15, 0.2) is 0 Å². The largest absolute Gasteiger partial charge is 0.473 e. The van der Waals surface area contributed by atoms with Gasteiger partial charge in [0.1, 0.15) is 0 Å². The molecule has 1 aromatic heterocycles. The maximum Gasteiger partial charge on any atom is 0.273 e. The number of rotatable bonds is 5. The van der Waals surface area contributed by atoms with E-state index in [4.69, 9.17) is 4.74 Å². The van der Waals surface area contributed by atoms with Crippen LogP contribution in [0.2, 0.25) is 0 Å². The molecule has 0 saturated heterocycles. The predicted octanol–water partition coefficient (Wildman–Crippen LogP) is 3.72. The standard InChI is InChI=1S/C19H24N2O3S/c1-3-21(18(23)13-7-9-16(22)10-8-13)15-6-4-5-14(11-15)17-12-20-19(24-2)25-17/h4-6,11-13,16,22H,3,7-10H2,1-2H3. The van der Waals surface area contributed by atoms with Crippen LogP contribution in [0, 0.1) is 5.92 Å². The van der Waals surface area contributed by atoms with E-state index in [0.717, 1.165) is 29.0 Å². The molecular formula is C19H24N2O3S. The highest BCUT2D eigenvalue weighted by Crippen LogP contribution is 2.33.